The van der Waals surface area contributed by atoms with E-state index < -0.39 is 10.0 Å². The van der Waals surface area contributed by atoms with E-state index in [1.54, 1.807) is 37.4 Å². The number of benzene rings is 1. The van der Waals surface area contributed by atoms with E-state index in [9.17, 15) is 13.2 Å². The maximum atomic E-state index is 13.6. The van der Waals surface area contributed by atoms with Crippen LogP contribution in [-0.2, 0) is 19.6 Å². The predicted molar refractivity (Wildman–Crippen MR) is 143 cm³/mol. The summed E-state index contributed by atoms with van der Waals surface area (Å²) >= 11 is 0. The van der Waals surface area contributed by atoms with Gasteiger partial charge >= 0.3 is 0 Å². The molecule has 3 saturated heterocycles. The van der Waals surface area contributed by atoms with Crippen molar-refractivity contribution in [3.8, 4) is 5.75 Å². The number of carbonyl (C=O) groups excluding carboxylic acids is 1. The fourth-order valence-electron chi connectivity index (χ4n) is 6.01. The molecule has 0 aromatic heterocycles. The molecule has 1 aromatic rings. The van der Waals surface area contributed by atoms with Crippen LogP contribution in [0.15, 0.2) is 17.0 Å². The van der Waals surface area contributed by atoms with E-state index in [1.165, 1.54) is 25.9 Å². The van der Waals surface area contributed by atoms with Crippen LogP contribution in [0, 0.1) is 19.8 Å². The maximum Gasteiger partial charge on any atom is 0.248 e. The van der Waals surface area contributed by atoms with Gasteiger partial charge in [0.15, 0.2) is 0 Å². The second kappa shape index (κ2) is 12.4. The molecule has 0 aliphatic carbocycles. The van der Waals surface area contributed by atoms with Crippen molar-refractivity contribution in [1.29, 1.82) is 0 Å². The zero-order chi connectivity index (χ0) is 26.6. The largest absolute Gasteiger partial charge is 0.497 e. The Balaban J connectivity index is 1.24. The van der Waals surface area contributed by atoms with Crippen molar-refractivity contribution >= 4 is 15.9 Å². The molecule has 37 heavy (non-hydrogen) atoms. The van der Waals surface area contributed by atoms with Crippen molar-refractivity contribution in [3.63, 3.8) is 0 Å². The number of carbonyl (C=O) groups is 1. The number of piperidine rings is 1. The number of aryl methyl sites for hydroxylation is 2. The second-order valence-electron chi connectivity index (χ2n) is 10.9. The normalized spacial score (nSPS) is 23.0. The van der Waals surface area contributed by atoms with E-state index >= 15 is 0 Å². The Morgan fingerprint density at radius 2 is 1.62 bits per heavy atom. The number of sulfonamides is 1. The van der Waals surface area contributed by atoms with Crippen molar-refractivity contribution < 1.29 is 22.7 Å². The Morgan fingerprint density at radius 3 is 2.24 bits per heavy atom. The lowest BCUT2D eigenvalue weighted by Crippen LogP contribution is -2.51. The first-order valence-corrected chi connectivity index (χ1v) is 15.1. The zero-order valence-electron chi connectivity index (χ0n) is 22.9. The molecule has 3 aliphatic heterocycles. The summed E-state index contributed by atoms with van der Waals surface area (Å²) in [4.78, 5) is 19.9. The van der Waals surface area contributed by atoms with Crippen molar-refractivity contribution in [2.75, 3.05) is 79.7 Å². The molecule has 0 radical (unpaired) electrons. The third kappa shape index (κ3) is 6.84. The zero-order valence-corrected chi connectivity index (χ0v) is 23.8. The Bertz CT molecular complexity index is 1010. The van der Waals surface area contributed by atoms with Gasteiger partial charge in [0, 0.05) is 45.3 Å². The first-order chi connectivity index (χ1) is 17.7. The third-order valence-corrected chi connectivity index (χ3v) is 10.4. The lowest BCUT2D eigenvalue weighted by atomic mass is 9.96. The van der Waals surface area contributed by atoms with Crippen LogP contribution in [0.3, 0.4) is 0 Å². The Morgan fingerprint density at radius 1 is 0.973 bits per heavy atom. The maximum absolute atomic E-state index is 13.6. The highest BCUT2D eigenvalue weighted by Gasteiger charge is 2.37. The van der Waals surface area contributed by atoms with Gasteiger partial charge in [-0.25, -0.2) is 8.42 Å². The van der Waals surface area contributed by atoms with Gasteiger partial charge in [-0.2, -0.15) is 4.31 Å². The summed E-state index contributed by atoms with van der Waals surface area (Å²) in [6.07, 6.45) is 4.04. The molecule has 1 atom stereocenters. The van der Waals surface area contributed by atoms with E-state index in [2.05, 4.69) is 16.8 Å². The van der Waals surface area contributed by atoms with Crippen LogP contribution in [0.4, 0.5) is 0 Å². The summed E-state index contributed by atoms with van der Waals surface area (Å²) in [5.74, 6) is 1.41. The highest BCUT2D eigenvalue weighted by Crippen LogP contribution is 2.32. The van der Waals surface area contributed by atoms with E-state index in [0.717, 1.165) is 51.5 Å². The fourth-order valence-corrected chi connectivity index (χ4v) is 8.10. The van der Waals surface area contributed by atoms with Crippen LogP contribution in [0.2, 0.25) is 0 Å². The highest BCUT2D eigenvalue weighted by molar-refractivity contribution is 7.89. The topological polar surface area (TPSA) is 82.6 Å². The molecular weight excluding hydrogens is 492 g/mol. The van der Waals surface area contributed by atoms with Gasteiger partial charge in [0.25, 0.3) is 0 Å². The van der Waals surface area contributed by atoms with E-state index in [1.807, 2.05) is 4.90 Å². The number of likely N-dealkylation sites (tertiary alicyclic amines) is 1. The van der Waals surface area contributed by atoms with Crippen LogP contribution >= 0.6 is 0 Å². The highest BCUT2D eigenvalue weighted by atomic mass is 32.2. The number of piperazine rings is 1. The quantitative estimate of drug-likeness (QED) is 0.477. The van der Waals surface area contributed by atoms with E-state index in [0.29, 0.717) is 28.3 Å². The van der Waals surface area contributed by atoms with Gasteiger partial charge in [-0.15, -0.1) is 0 Å². The molecular formula is C27H44N4O5S. The summed E-state index contributed by atoms with van der Waals surface area (Å²) in [5, 5.41) is 0. The van der Waals surface area contributed by atoms with E-state index in [4.69, 9.17) is 9.47 Å². The smallest absolute Gasteiger partial charge is 0.248 e. The molecule has 0 spiro atoms. The number of methoxy groups -OCH3 is 1. The van der Waals surface area contributed by atoms with Crippen LogP contribution in [0.1, 0.15) is 36.8 Å². The van der Waals surface area contributed by atoms with Crippen molar-refractivity contribution in [3.05, 3.63) is 23.3 Å². The summed E-state index contributed by atoms with van der Waals surface area (Å²) in [6, 6.07) is 3.26. The van der Waals surface area contributed by atoms with Crippen LogP contribution in [0.25, 0.3) is 0 Å². The SMILES string of the molecule is COc1cc(C)c(S(=O)(=O)N2CCCC2COCC(=O)N2CCN(CC3CCN(C)CC3)CC2)c(C)c1. The fraction of sp³-hybridized carbons (Fsp3) is 0.741. The molecule has 0 N–H and O–H groups in total. The van der Waals surface area contributed by atoms with Crippen LogP contribution < -0.4 is 4.74 Å². The standard InChI is InChI=1S/C27H44N4O5S/c1-21-16-25(35-4)17-22(2)27(21)37(33,34)31-9-5-6-24(31)19-36-20-26(32)30-14-12-29(13-15-30)18-23-7-10-28(3)11-8-23/h16-17,23-24H,5-15,18-20H2,1-4H3. The molecule has 4 rings (SSSR count). The summed E-state index contributed by atoms with van der Waals surface area (Å²) in [5.41, 5.74) is 1.35. The lowest BCUT2D eigenvalue weighted by Gasteiger charge is -2.38. The molecule has 1 aromatic carbocycles. The first kappa shape index (κ1) is 28.3. The molecule has 3 aliphatic rings. The van der Waals surface area contributed by atoms with Crippen molar-refractivity contribution in [2.45, 2.75) is 50.5 Å². The Hall–Kier alpha value is -1.72. The van der Waals surface area contributed by atoms with Gasteiger partial charge in [-0.1, -0.05) is 0 Å². The monoisotopic (exact) mass is 536 g/mol. The molecule has 1 amide bonds. The van der Waals surface area contributed by atoms with Gasteiger partial charge < -0.3 is 19.3 Å². The number of nitrogens with zero attached hydrogens (tertiary/aromatic N) is 4. The second-order valence-corrected chi connectivity index (χ2v) is 12.8. The average Bonchev–Trinajstić information content (AvgIpc) is 3.35. The molecule has 3 heterocycles. The third-order valence-electron chi connectivity index (χ3n) is 8.17. The van der Waals surface area contributed by atoms with Gasteiger partial charge in [0.2, 0.25) is 15.9 Å². The summed E-state index contributed by atoms with van der Waals surface area (Å²) < 4.78 is 39.8. The molecule has 208 valence electrons. The summed E-state index contributed by atoms with van der Waals surface area (Å²) in [7, 11) is 0.0937. The van der Waals surface area contributed by atoms with Gasteiger partial charge in [0.1, 0.15) is 12.4 Å². The van der Waals surface area contributed by atoms with E-state index in [-0.39, 0.29) is 25.2 Å². The number of hydrogen-bond acceptors (Lipinski definition) is 7. The minimum Gasteiger partial charge on any atom is -0.497 e. The Labute approximate surface area is 222 Å². The van der Waals surface area contributed by atoms with Crippen molar-refractivity contribution in [1.82, 2.24) is 19.0 Å². The number of amides is 1. The average molecular weight is 537 g/mol. The number of ether oxygens (including phenoxy) is 2. The minimum absolute atomic E-state index is 0.0000608. The predicted octanol–water partition coefficient (Wildman–Crippen LogP) is 1.97. The summed E-state index contributed by atoms with van der Waals surface area (Å²) in [6.45, 7) is 11.1. The first-order valence-electron chi connectivity index (χ1n) is 13.6. The molecule has 10 heteroatoms. The molecule has 0 saturated carbocycles. The number of hydrogen-bond donors (Lipinski definition) is 0. The van der Waals surface area contributed by atoms with Crippen LogP contribution in [0.5, 0.6) is 5.75 Å². The number of rotatable bonds is 9. The lowest BCUT2D eigenvalue weighted by molar-refractivity contribution is -0.138. The van der Waals surface area contributed by atoms with Crippen molar-refractivity contribution in [2.24, 2.45) is 5.92 Å². The molecule has 0 bridgehead atoms. The minimum atomic E-state index is -3.67. The molecule has 1 unspecified atom stereocenters. The van der Waals surface area contributed by atoms with Gasteiger partial charge in [-0.05, 0) is 88.8 Å². The van der Waals surface area contributed by atoms with Gasteiger partial charge in [0.05, 0.1) is 18.6 Å². The molecule has 3 fully saturated rings. The Kier molecular flexibility index (Phi) is 9.50. The van der Waals surface area contributed by atoms with Gasteiger partial charge in [-0.3, -0.25) is 9.69 Å². The molecule has 9 nitrogen and oxygen atoms in total. The van der Waals surface area contributed by atoms with Crippen LogP contribution in [-0.4, -0.2) is 119 Å².